The van der Waals surface area contributed by atoms with Crippen LogP contribution < -0.4 is 10.2 Å². The maximum Gasteiger partial charge on any atom is 0.321 e. The van der Waals surface area contributed by atoms with Crippen molar-refractivity contribution in [3.8, 4) is 5.69 Å². The van der Waals surface area contributed by atoms with Gasteiger partial charge in [-0.05, 0) is 56.2 Å². The van der Waals surface area contributed by atoms with Gasteiger partial charge in [0, 0.05) is 42.0 Å². The van der Waals surface area contributed by atoms with Crippen LogP contribution in [-0.4, -0.2) is 34.5 Å². The second-order valence-electron chi connectivity index (χ2n) is 6.86. The SMILES string of the molecule is Cc1ccc(C(=O)CCc2cn(-c3ccc(N4CCCNC4=O)cc3)cn2)s1. The van der Waals surface area contributed by atoms with Crippen molar-refractivity contribution in [1.29, 1.82) is 0 Å². The average Bonchev–Trinajstić information content (AvgIpc) is 3.36. The van der Waals surface area contributed by atoms with E-state index in [4.69, 9.17) is 0 Å². The molecule has 28 heavy (non-hydrogen) atoms. The first-order valence-electron chi connectivity index (χ1n) is 9.38. The number of carbonyl (C=O) groups is 2. The predicted molar refractivity (Wildman–Crippen MR) is 111 cm³/mol. The van der Waals surface area contributed by atoms with Crippen LogP contribution >= 0.6 is 11.3 Å². The molecule has 2 amide bonds. The summed E-state index contributed by atoms with van der Waals surface area (Å²) in [4.78, 5) is 32.4. The summed E-state index contributed by atoms with van der Waals surface area (Å²) in [5.74, 6) is 0.164. The quantitative estimate of drug-likeness (QED) is 0.643. The molecule has 0 aliphatic carbocycles. The number of benzene rings is 1. The number of carbonyl (C=O) groups excluding carboxylic acids is 2. The van der Waals surface area contributed by atoms with E-state index in [0.717, 1.165) is 46.3 Å². The highest BCUT2D eigenvalue weighted by atomic mass is 32.1. The van der Waals surface area contributed by atoms with E-state index in [0.29, 0.717) is 12.8 Å². The summed E-state index contributed by atoms with van der Waals surface area (Å²) in [6.07, 6.45) is 5.74. The number of Topliss-reactive ketones (excluding diaryl/α,β-unsaturated/α-hetero) is 1. The van der Waals surface area contributed by atoms with Gasteiger partial charge in [-0.3, -0.25) is 9.69 Å². The summed E-state index contributed by atoms with van der Waals surface area (Å²) in [7, 11) is 0. The zero-order valence-corrected chi connectivity index (χ0v) is 16.5. The number of nitrogens with one attached hydrogen (secondary N) is 1. The van der Waals surface area contributed by atoms with Crippen LogP contribution in [0.15, 0.2) is 48.9 Å². The molecule has 1 aromatic carbocycles. The lowest BCUT2D eigenvalue weighted by Crippen LogP contribution is -2.46. The predicted octanol–water partition coefficient (Wildman–Crippen LogP) is 3.98. The third-order valence-electron chi connectivity index (χ3n) is 4.80. The number of imidazole rings is 1. The standard InChI is InChI=1S/C21H22N4O2S/c1-15-3-10-20(28-15)19(26)9-4-16-13-24(14-23-16)17-5-7-18(8-6-17)25-12-2-11-22-21(25)27/h3,5-8,10,13-14H,2,4,9,11-12H2,1H3,(H,22,27). The molecule has 0 bridgehead atoms. The Kier molecular flexibility index (Phi) is 5.25. The molecule has 4 rings (SSSR count). The molecule has 0 saturated carbocycles. The van der Waals surface area contributed by atoms with Gasteiger partial charge < -0.3 is 9.88 Å². The van der Waals surface area contributed by atoms with Crippen molar-refractivity contribution in [2.75, 3.05) is 18.0 Å². The van der Waals surface area contributed by atoms with Crippen LogP contribution in [0.4, 0.5) is 10.5 Å². The van der Waals surface area contributed by atoms with E-state index >= 15 is 0 Å². The fraction of sp³-hybridized carbons (Fsp3) is 0.286. The van der Waals surface area contributed by atoms with Crippen LogP contribution in [0.3, 0.4) is 0 Å². The van der Waals surface area contributed by atoms with Gasteiger partial charge in [0.1, 0.15) is 0 Å². The zero-order chi connectivity index (χ0) is 19.5. The van der Waals surface area contributed by atoms with Crippen LogP contribution in [0.5, 0.6) is 0 Å². The molecule has 1 fully saturated rings. The Labute approximate surface area is 167 Å². The molecular formula is C21H22N4O2S. The lowest BCUT2D eigenvalue weighted by atomic mass is 10.1. The lowest BCUT2D eigenvalue weighted by Gasteiger charge is -2.27. The number of hydrogen-bond donors (Lipinski definition) is 1. The number of aromatic nitrogens is 2. The first-order chi connectivity index (χ1) is 13.6. The van der Waals surface area contributed by atoms with Gasteiger partial charge in [-0.2, -0.15) is 0 Å². The first-order valence-corrected chi connectivity index (χ1v) is 10.2. The Balaban J connectivity index is 1.39. The molecule has 7 heteroatoms. The summed E-state index contributed by atoms with van der Waals surface area (Å²) in [5.41, 5.74) is 2.75. The Morgan fingerprint density at radius 2 is 1.96 bits per heavy atom. The second kappa shape index (κ2) is 7.98. The van der Waals surface area contributed by atoms with Crippen molar-refractivity contribution < 1.29 is 9.59 Å². The molecule has 6 nitrogen and oxygen atoms in total. The smallest absolute Gasteiger partial charge is 0.321 e. The van der Waals surface area contributed by atoms with E-state index in [2.05, 4.69) is 10.3 Å². The van der Waals surface area contributed by atoms with Crippen LogP contribution in [0, 0.1) is 6.92 Å². The Morgan fingerprint density at radius 1 is 1.18 bits per heavy atom. The highest BCUT2D eigenvalue weighted by molar-refractivity contribution is 7.14. The van der Waals surface area contributed by atoms with E-state index < -0.39 is 0 Å². The van der Waals surface area contributed by atoms with Gasteiger partial charge in [0.2, 0.25) is 0 Å². The molecule has 0 radical (unpaired) electrons. The number of anilines is 1. The molecule has 1 saturated heterocycles. The third kappa shape index (κ3) is 3.99. The molecule has 1 aliphatic rings. The second-order valence-corrected chi connectivity index (χ2v) is 8.15. The van der Waals surface area contributed by atoms with Gasteiger partial charge in [0.25, 0.3) is 0 Å². The van der Waals surface area contributed by atoms with E-state index in [1.807, 2.05) is 54.1 Å². The fourth-order valence-electron chi connectivity index (χ4n) is 3.26. The van der Waals surface area contributed by atoms with E-state index in [-0.39, 0.29) is 11.8 Å². The van der Waals surface area contributed by atoms with Crippen LogP contribution in [0.25, 0.3) is 5.69 Å². The number of aryl methyl sites for hydroxylation is 2. The first kappa shape index (κ1) is 18.4. The summed E-state index contributed by atoms with van der Waals surface area (Å²) >= 11 is 1.54. The number of urea groups is 1. The normalized spacial score (nSPS) is 14.2. The highest BCUT2D eigenvalue weighted by Gasteiger charge is 2.19. The molecular weight excluding hydrogens is 372 g/mol. The van der Waals surface area contributed by atoms with Gasteiger partial charge in [0.15, 0.2) is 5.78 Å². The van der Waals surface area contributed by atoms with Crippen LogP contribution in [0.1, 0.15) is 33.1 Å². The van der Waals surface area contributed by atoms with E-state index in [1.54, 1.807) is 11.2 Å². The largest absolute Gasteiger partial charge is 0.338 e. The number of amides is 2. The number of nitrogens with zero attached hydrogens (tertiary/aromatic N) is 3. The van der Waals surface area contributed by atoms with Gasteiger partial charge in [-0.1, -0.05) is 0 Å². The third-order valence-corrected chi connectivity index (χ3v) is 5.84. The zero-order valence-electron chi connectivity index (χ0n) is 15.7. The Bertz CT molecular complexity index is 990. The van der Waals surface area contributed by atoms with Gasteiger partial charge in [-0.25, -0.2) is 9.78 Å². The van der Waals surface area contributed by atoms with Crippen molar-refractivity contribution in [2.24, 2.45) is 0 Å². The molecule has 1 N–H and O–H groups in total. The van der Waals surface area contributed by atoms with E-state index in [1.165, 1.54) is 11.3 Å². The van der Waals surface area contributed by atoms with Crippen molar-refractivity contribution >= 4 is 28.8 Å². The summed E-state index contributed by atoms with van der Waals surface area (Å²) < 4.78 is 1.94. The fourth-order valence-corrected chi connectivity index (χ4v) is 4.10. The lowest BCUT2D eigenvalue weighted by molar-refractivity contribution is 0.0986. The number of rotatable bonds is 6. The maximum absolute atomic E-state index is 12.3. The Hall–Kier alpha value is -2.93. The van der Waals surface area contributed by atoms with Gasteiger partial charge in [0.05, 0.1) is 16.9 Å². The molecule has 0 atom stereocenters. The minimum atomic E-state index is -0.0467. The maximum atomic E-state index is 12.3. The number of ketones is 1. The molecule has 2 aromatic heterocycles. The molecule has 144 valence electrons. The molecule has 0 spiro atoms. The molecule has 1 aliphatic heterocycles. The van der Waals surface area contributed by atoms with Crippen molar-refractivity contribution in [3.63, 3.8) is 0 Å². The summed E-state index contributed by atoms with van der Waals surface area (Å²) in [6, 6.07) is 11.7. The van der Waals surface area contributed by atoms with Crippen LogP contribution in [-0.2, 0) is 6.42 Å². The minimum Gasteiger partial charge on any atom is -0.338 e. The summed E-state index contributed by atoms with van der Waals surface area (Å²) in [6.45, 7) is 3.48. The monoisotopic (exact) mass is 394 g/mol. The Morgan fingerprint density at radius 3 is 2.68 bits per heavy atom. The highest BCUT2D eigenvalue weighted by Crippen LogP contribution is 2.21. The topological polar surface area (TPSA) is 67.2 Å². The van der Waals surface area contributed by atoms with Crippen molar-refractivity contribution in [2.45, 2.75) is 26.2 Å². The molecule has 3 heterocycles. The number of thiophene rings is 1. The molecule has 0 unspecified atom stereocenters. The van der Waals surface area contributed by atoms with E-state index in [9.17, 15) is 9.59 Å². The van der Waals surface area contributed by atoms with Crippen LogP contribution in [0.2, 0.25) is 0 Å². The van der Waals surface area contributed by atoms with Gasteiger partial charge in [-0.15, -0.1) is 11.3 Å². The van der Waals surface area contributed by atoms with Crippen molar-refractivity contribution in [1.82, 2.24) is 14.9 Å². The van der Waals surface area contributed by atoms with Gasteiger partial charge >= 0.3 is 6.03 Å². The van der Waals surface area contributed by atoms with Crippen molar-refractivity contribution in [3.05, 3.63) is 64.4 Å². The molecule has 3 aromatic rings. The average molecular weight is 395 g/mol. The summed E-state index contributed by atoms with van der Waals surface area (Å²) in [5, 5.41) is 2.86. The number of hydrogen-bond acceptors (Lipinski definition) is 4. The minimum absolute atomic E-state index is 0.0467.